The van der Waals surface area contributed by atoms with E-state index in [1.54, 1.807) is 0 Å². The monoisotopic (exact) mass is 261 g/mol. The Morgan fingerprint density at radius 3 is 2.53 bits per heavy atom. The van der Waals surface area contributed by atoms with Crippen LogP contribution in [0.25, 0.3) is 0 Å². The smallest absolute Gasteiger partial charge is 0.327 e. The van der Waals surface area contributed by atoms with Crippen molar-refractivity contribution in [3.8, 4) is 0 Å². The Labute approximate surface area is 115 Å². The summed E-state index contributed by atoms with van der Waals surface area (Å²) in [5.41, 5.74) is 6.75. The van der Waals surface area contributed by atoms with Gasteiger partial charge < -0.3 is 10.5 Å². The standard InChI is InChI=1S/C16H23NO2/c1-11-8-9-14(10-12(11)2)19-16(18)15(17)13-6-4-3-5-7-13/h3-7,11-12,14-15H,8-10,17H2,1-2H3/t11?,12?,14?,15-/m1/s1. The van der Waals surface area contributed by atoms with Crippen LogP contribution in [0.4, 0.5) is 0 Å². The first kappa shape index (κ1) is 14.1. The SMILES string of the molecule is CC1CCC(OC(=O)[C@H](N)c2ccccc2)CC1C. The highest BCUT2D eigenvalue weighted by Crippen LogP contribution is 2.31. The fourth-order valence-electron chi connectivity index (χ4n) is 2.64. The number of benzene rings is 1. The predicted molar refractivity (Wildman–Crippen MR) is 75.4 cm³/mol. The van der Waals surface area contributed by atoms with Crippen LogP contribution in [0.3, 0.4) is 0 Å². The minimum absolute atomic E-state index is 0.0356. The second-order valence-electron chi connectivity index (χ2n) is 5.71. The number of ether oxygens (including phenoxy) is 1. The normalized spacial score (nSPS) is 28.7. The summed E-state index contributed by atoms with van der Waals surface area (Å²) in [6.07, 6.45) is 3.07. The van der Waals surface area contributed by atoms with E-state index in [9.17, 15) is 4.79 Å². The highest BCUT2D eigenvalue weighted by atomic mass is 16.5. The van der Waals surface area contributed by atoms with E-state index in [0.29, 0.717) is 5.92 Å². The van der Waals surface area contributed by atoms with Crippen LogP contribution in [0.2, 0.25) is 0 Å². The van der Waals surface area contributed by atoms with Crippen molar-refractivity contribution in [2.45, 2.75) is 45.3 Å². The Morgan fingerprint density at radius 1 is 1.21 bits per heavy atom. The van der Waals surface area contributed by atoms with E-state index in [1.807, 2.05) is 30.3 Å². The zero-order chi connectivity index (χ0) is 13.8. The Morgan fingerprint density at radius 2 is 1.89 bits per heavy atom. The van der Waals surface area contributed by atoms with E-state index in [1.165, 1.54) is 0 Å². The molecule has 104 valence electrons. The van der Waals surface area contributed by atoms with Crippen LogP contribution < -0.4 is 5.73 Å². The van der Waals surface area contributed by atoms with Crippen LogP contribution in [0.5, 0.6) is 0 Å². The van der Waals surface area contributed by atoms with Crippen LogP contribution in [0, 0.1) is 11.8 Å². The first-order valence-electron chi connectivity index (χ1n) is 7.09. The summed E-state index contributed by atoms with van der Waals surface area (Å²) in [6.45, 7) is 4.49. The summed E-state index contributed by atoms with van der Waals surface area (Å²) < 4.78 is 5.56. The molecule has 2 rings (SSSR count). The van der Waals surface area contributed by atoms with Crippen molar-refractivity contribution in [2.24, 2.45) is 17.6 Å². The quantitative estimate of drug-likeness (QED) is 0.851. The molecular formula is C16H23NO2. The molecule has 1 fully saturated rings. The lowest BCUT2D eigenvalue weighted by Gasteiger charge is -2.32. The molecule has 1 aliphatic carbocycles. The summed E-state index contributed by atoms with van der Waals surface area (Å²) in [5, 5.41) is 0. The van der Waals surface area contributed by atoms with E-state index < -0.39 is 6.04 Å². The van der Waals surface area contributed by atoms with Crippen molar-refractivity contribution in [1.82, 2.24) is 0 Å². The molecule has 2 N–H and O–H groups in total. The molecule has 0 radical (unpaired) electrons. The molecule has 0 heterocycles. The van der Waals surface area contributed by atoms with Crippen molar-refractivity contribution in [3.05, 3.63) is 35.9 Å². The third-order valence-electron chi connectivity index (χ3n) is 4.25. The number of hydrogen-bond donors (Lipinski definition) is 1. The average Bonchev–Trinajstić information content (AvgIpc) is 2.43. The molecule has 1 aromatic rings. The topological polar surface area (TPSA) is 52.3 Å². The number of rotatable bonds is 3. The predicted octanol–water partition coefficient (Wildman–Crippen LogP) is 3.05. The molecule has 0 aliphatic heterocycles. The minimum atomic E-state index is -0.671. The number of nitrogens with two attached hydrogens (primary N) is 1. The summed E-state index contributed by atoms with van der Waals surface area (Å²) in [4.78, 5) is 12.1. The molecule has 0 aromatic heterocycles. The summed E-state index contributed by atoms with van der Waals surface area (Å²) in [7, 11) is 0. The summed E-state index contributed by atoms with van der Waals surface area (Å²) >= 11 is 0. The zero-order valence-corrected chi connectivity index (χ0v) is 11.7. The molecule has 0 spiro atoms. The second kappa shape index (κ2) is 6.20. The van der Waals surface area contributed by atoms with Crippen molar-refractivity contribution < 1.29 is 9.53 Å². The highest BCUT2D eigenvalue weighted by molar-refractivity contribution is 5.77. The van der Waals surface area contributed by atoms with Gasteiger partial charge in [0.1, 0.15) is 12.1 Å². The third kappa shape index (κ3) is 3.57. The van der Waals surface area contributed by atoms with Gasteiger partial charge in [0.05, 0.1) is 0 Å². The fourth-order valence-corrected chi connectivity index (χ4v) is 2.64. The van der Waals surface area contributed by atoms with Gasteiger partial charge in [-0.05, 0) is 36.7 Å². The summed E-state index contributed by atoms with van der Waals surface area (Å²) in [5.74, 6) is 1.02. The van der Waals surface area contributed by atoms with Gasteiger partial charge >= 0.3 is 5.97 Å². The number of hydrogen-bond acceptors (Lipinski definition) is 3. The van der Waals surface area contributed by atoms with E-state index in [-0.39, 0.29) is 12.1 Å². The van der Waals surface area contributed by atoms with Gasteiger partial charge in [-0.3, -0.25) is 0 Å². The number of esters is 1. The summed E-state index contributed by atoms with van der Waals surface area (Å²) in [6, 6.07) is 8.72. The van der Waals surface area contributed by atoms with E-state index in [2.05, 4.69) is 13.8 Å². The van der Waals surface area contributed by atoms with Crippen molar-refractivity contribution in [1.29, 1.82) is 0 Å². The number of carbonyl (C=O) groups excluding carboxylic acids is 1. The molecule has 3 unspecified atom stereocenters. The molecular weight excluding hydrogens is 238 g/mol. The van der Waals surface area contributed by atoms with Crippen LogP contribution in [-0.4, -0.2) is 12.1 Å². The van der Waals surface area contributed by atoms with Gasteiger partial charge in [-0.15, -0.1) is 0 Å². The maximum Gasteiger partial charge on any atom is 0.327 e. The van der Waals surface area contributed by atoms with Gasteiger partial charge in [0, 0.05) is 0 Å². The third-order valence-corrected chi connectivity index (χ3v) is 4.25. The maximum atomic E-state index is 12.1. The molecule has 1 aromatic carbocycles. The van der Waals surface area contributed by atoms with E-state index in [0.717, 1.165) is 30.7 Å². The lowest BCUT2D eigenvalue weighted by atomic mass is 9.80. The Bertz CT molecular complexity index is 418. The fraction of sp³-hybridized carbons (Fsp3) is 0.562. The van der Waals surface area contributed by atoms with Crippen molar-refractivity contribution in [3.63, 3.8) is 0 Å². The van der Waals surface area contributed by atoms with Gasteiger partial charge in [0.2, 0.25) is 0 Å². The molecule has 1 saturated carbocycles. The van der Waals surface area contributed by atoms with Crippen LogP contribution in [-0.2, 0) is 9.53 Å². The molecule has 0 amide bonds. The van der Waals surface area contributed by atoms with Crippen molar-refractivity contribution >= 4 is 5.97 Å². The number of carbonyl (C=O) groups is 1. The first-order chi connectivity index (χ1) is 9.08. The van der Waals surface area contributed by atoms with E-state index >= 15 is 0 Å². The zero-order valence-electron chi connectivity index (χ0n) is 11.7. The van der Waals surface area contributed by atoms with Gasteiger partial charge in [0.25, 0.3) is 0 Å². The molecule has 0 bridgehead atoms. The van der Waals surface area contributed by atoms with Crippen molar-refractivity contribution in [2.75, 3.05) is 0 Å². The second-order valence-corrected chi connectivity index (χ2v) is 5.71. The average molecular weight is 261 g/mol. The Hall–Kier alpha value is -1.35. The van der Waals surface area contributed by atoms with Crippen LogP contribution in [0.1, 0.15) is 44.7 Å². The minimum Gasteiger partial charge on any atom is -0.461 e. The Balaban J connectivity index is 1.91. The maximum absolute atomic E-state index is 12.1. The van der Waals surface area contributed by atoms with E-state index in [4.69, 9.17) is 10.5 Å². The molecule has 1 aliphatic rings. The lowest BCUT2D eigenvalue weighted by molar-refractivity contribution is -0.153. The lowest BCUT2D eigenvalue weighted by Crippen LogP contribution is -2.32. The van der Waals surface area contributed by atoms with Crippen LogP contribution in [0.15, 0.2) is 30.3 Å². The molecule has 3 heteroatoms. The molecule has 0 saturated heterocycles. The molecule has 19 heavy (non-hydrogen) atoms. The van der Waals surface area contributed by atoms with Gasteiger partial charge in [-0.25, -0.2) is 4.79 Å². The highest BCUT2D eigenvalue weighted by Gasteiger charge is 2.28. The van der Waals surface area contributed by atoms with Gasteiger partial charge in [0.15, 0.2) is 0 Å². The van der Waals surface area contributed by atoms with Gasteiger partial charge in [-0.2, -0.15) is 0 Å². The molecule has 4 atom stereocenters. The first-order valence-corrected chi connectivity index (χ1v) is 7.09. The largest absolute Gasteiger partial charge is 0.461 e. The Kier molecular flexibility index (Phi) is 4.59. The molecule has 3 nitrogen and oxygen atoms in total. The van der Waals surface area contributed by atoms with Gasteiger partial charge in [-0.1, -0.05) is 44.2 Å². The van der Waals surface area contributed by atoms with Crippen LogP contribution >= 0.6 is 0 Å².